The zero-order valence-corrected chi connectivity index (χ0v) is 9.61. The monoisotopic (exact) mass is 259 g/mol. The first-order valence-corrected chi connectivity index (χ1v) is 4.99. The minimum absolute atomic E-state index is 0.0927. The Morgan fingerprint density at radius 1 is 1.57 bits per heavy atom. The minimum Gasteiger partial charge on any atom is -0.352 e. The molecule has 0 atom stereocenters. The fourth-order valence-electron chi connectivity index (χ4n) is 1.10. The number of nitrogens with one attached hydrogen (secondary N) is 1. The van der Waals surface area contributed by atoms with Crippen molar-refractivity contribution < 1.29 is 9.18 Å². The van der Waals surface area contributed by atoms with Gasteiger partial charge in [-0.05, 0) is 46.1 Å². The molecule has 4 heteroatoms. The molecule has 0 saturated heterocycles. The standard InChI is InChI=1S/C10H11BrFNO/c1-6-3-10(12)9(11)4-8(6)5-13-7(2)14/h3-4H,5H2,1-2H3,(H,13,14). The van der Waals surface area contributed by atoms with E-state index in [4.69, 9.17) is 0 Å². The molecule has 0 heterocycles. The maximum Gasteiger partial charge on any atom is 0.217 e. The van der Waals surface area contributed by atoms with E-state index in [-0.39, 0.29) is 11.7 Å². The van der Waals surface area contributed by atoms with E-state index in [1.54, 1.807) is 6.07 Å². The van der Waals surface area contributed by atoms with Gasteiger partial charge in [-0.15, -0.1) is 0 Å². The van der Waals surface area contributed by atoms with Crippen molar-refractivity contribution in [2.24, 2.45) is 0 Å². The first kappa shape index (κ1) is 11.2. The summed E-state index contributed by atoms with van der Waals surface area (Å²) in [4.78, 5) is 10.7. The Morgan fingerprint density at radius 2 is 2.21 bits per heavy atom. The highest BCUT2D eigenvalue weighted by Crippen LogP contribution is 2.20. The first-order valence-electron chi connectivity index (χ1n) is 4.19. The molecule has 0 unspecified atom stereocenters. The highest BCUT2D eigenvalue weighted by atomic mass is 79.9. The van der Waals surface area contributed by atoms with Gasteiger partial charge in [0.25, 0.3) is 0 Å². The summed E-state index contributed by atoms with van der Waals surface area (Å²) in [6.45, 7) is 3.70. The van der Waals surface area contributed by atoms with Crippen LogP contribution in [-0.4, -0.2) is 5.91 Å². The third-order valence-electron chi connectivity index (χ3n) is 1.91. The van der Waals surface area contributed by atoms with Crippen LogP contribution >= 0.6 is 15.9 Å². The van der Waals surface area contributed by atoms with Gasteiger partial charge in [0.05, 0.1) is 4.47 Å². The Bertz CT molecular complexity index is 365. The molecule has 0 aliphatic carbocycles. The summed E-state index contributed by atoms with van der Waals surface area (Å²) in [5, 5.41) is 2.67. The van der Waals surface area contributed by atoms with Gasteiger partial charge < -0.3 is 5.32 Å². The molecule has 0 aromatic heterocycles. The van der Waals surface area contributed by atoms with Crippen molar-refractivity contribution in [3.8, 4) is 0 Å². The van der Waals surface area contributed by atoms with E-state index in [0.29, 0.717) is 11.0 Å². The molecule has 0 aliphatic heterocycles. The molecule has 1 amide bonds. The summed E-state index contributed by atoms with van der Waals surface area (Å²) in [5.74, 6) is -0.376. The lowest BCUT2D eigenvalue weighted by Crippen LogP contribution is -2.19. The lowest BCUT2D eigenvalue weighted by atomic mass is 10.1. The molecule has 0 fully saturated rings. The highest BCUT2D eigenvalue weighted by molar-refractivity contribution is 9.10. The summed E-state index contributed by atoms with van der Waals surface area (Å²) in [7, 11) is 0. The van der Waals surface area contributed by atoms with Crippen LogP contribution in [0.3, 0.4) is 0 Å². The number of aryl methyl sites for hydroxylation is 1. The van der Waals surface area contributed by atoms with Crippen LogP contribution in [0.15, 0.2) is 16.6 Å². The number of carbonyl (C=O) groups excluding carboxylic acids is 1. The number of carbonyl (C=O) groups is 1. The Balaban J connectivity index is 2.87. The molecule has 0 spiro atoms. The molecule has 1 aromatic carbocycles. The number of benzene rings is 1. The first-order chi connectivity index (χ1) is 6.50. The zero-order valence-electron chi connectivity index (χ0n) is 8.03. The number of rotatable bonds is 2. The van der Waals surface area contributed by atoms with Gasteiger partial charge in [-0.1, -0.05) is 0 Å². The predicted molar refractivity (Wildman–Crippen MR) is 56.4 cm³/mol. The minimum atomic E-state index is -0.283. The Labute approximate surface area is 90.6 Å². The highest BCUT2D eigenvalue weighted by Gasteiger charge is 2.05. The van der Waals surface area contributed by atoms with E-state index in [1.807, 2.05) is 6.92 Å². The molecular formula is C10H11BrFNO. The third kappa shape index (κ3) is 2.80. The number of hydrogen-bond acceptors (Lipinski definition) is 1. The lowest BCUT2D eigenvalue weighted by molar-refractivity contribution is -0.119. The second-order valence-corrected chi connectivity index (χ2v) is 3.96. The van der Waals surface area contributed by atoms with Crippen LogP contribution in [0.4, 0.5) is 4.39 Å². The van der Waals surface area contributed by atoms with Crippen LogP contribution in [0, 0.1) is 12.7 Å². The molecule has 0 bridgehead atoms. The molecule has 0 radical (unpaired) electrons. The van der Waals surface area contributed by atoms with Crippen LogP contribution in [0.25, 0.3) is 0 Å². The summed E-state index contributed by atoms with van der Waals surface area (Å²) in [6, 6.07) is 3.13. The van der Waals surface area contributed by atoms with Gasteiger partial charge in [0.1, 0.15) is 5.82 Å². The molecule has 1 N–H and O–H groups in total. The summed E-state index contributed by atoms with van der Waals surface area (Å²) < 4.78 is 13.4. The van der Waals surface area contributed by atoms with Crippen molar-refractivity contribution in [3.63, 3.8) is 0 Å². The van der Waals surface area contributed by atoms with E-state index in [2.05, 4.69) is 21.2 Å². The van der Waals surface area contributed by atoms with Gasteiger partial charge in [0.2, 0.25) is 5.91 Å². The van der Waals surface area contributed by atoms with Gasteiger partial charge in [-0.2, -0.15) is 0 Å². The molecule has 76 valence electrons. The molecule has 0 aliphatic rings. The summed E-state index contributed by atoms with van der Waals surface area (Å²) in [6.07, 6.45) is 0. The third-order valence-corrected chi connectivity index (χ3v) is 2.51. The molecular weight excluding hydrogens is 249 g/mol. The smallest absolute Gasteiger partial charge is 0.217 e. The fraction of sp³-hybridized carbons (Fsp3) is 0.300. The van der Waals surface area contributed by atoms with E-state index < -0.39 is 0 Å². The summed E-state index contributed by atoms with van der Waals surface area (Å²) >= 11 is 3.10. The van der Waals surface area contributed by atoms with E-state index >= 15 is 0 Å². The van der Waals surface area contributed by atoms with Crippen LogP contribution in [0.1, 0.15) is 18.1 Å². The average Bonchev–Trinajstić information content (AvgIpc) is 2.09. The van der Waals surface area contributed by atoms with Gasteiger partial charge in [-0.3, -0.25) is 4.79 Å². The second-order valence-electron chi connectivity index (χ2n) is 3.10. The Kier molecular flexibility index (Phi) is 3.63. The Hall–Kier alpha value is -0.900. The lowest BCUT2D eigenvalue weighted by Gasteiger charge is -2.07. The molecule has 1 rings (SSSR count). The molecule has 2 nitrogen and oxygen atoms in total. The van der Waals surface area contributed by atoms with Crippen molar-refractivity contribution in [2.45, 2.75) is 20.4 Å². The van der Waals surface area contributed by atoms with Crippen LogP contribution in [0.2, 0.25) is 0 Å². The number of halogens is 2. The number of hydrogen-bond donors (Lipinski definition) is 1. The predicted octanol–water partition coefficient (Wildman–Crippen LogP) is 2.53. The fourth-order valence-corrected chi connectivity index (χ4v) is 1.49. The Morgan fingerprint density at radius 3 is 2.79 bits per heavy atom. The van der Waals surface area contributed by atoms with E-state index in [1.165, 1.54) is 13.0 Å². The summed E-state index contributed by atoms with van der Waals surface area (Å²) in [5.41, 5.74) is 1.74. The largest absolute Gasteiger partial charge is 0.352 e. The van der Waals surface area contributed by atoms with Crippen molar-refractivity contribution in [3.05, 3.63) is 33.5 Å². The molecule has 1 aromatic rings. The van der Waals surface area contributed by atoms with E-state index in [9.17, 15) is 9.18 Å². The number of amides is 1. The van der Waals surface area contributed by atoms with Gasteiger partial charge in [0, 0.05) is 13.5 Å². The van der Waals surface area contributed by atoms with Crippen molar-refractivity contribution in [1.29, 1.82) is 0 Å². The van der Waals surface area contributed by atoms with Gasteiger partial charge in [0.15, 0.2) is 0 Å². The van der Waals surface area contributed by atoms with Crippen molar-refractivity contribution >= 4 is 21.8 Å². The average molecular weight is 260 g/mol. The molecule has 0 saturated carbocycles. The van der Waals surface area contributed by atoms with Crippen molar-refractivity contribution in [1.82, 2.24) is 5.32 Å². The van der Waals surface area contributed by atoms with E-state index in [0.717, 1.165) is 11.1 Å². The maximum atomic E-state index is 13.0. The van der Waals surface area contributed by atoms with Gasteiger partial charge >= 0.3 is 0 Å². The van der Waals surface area contributed by atoms with Crippen molar-refractivity contribution in [2.75, 3.05) is 0 Å². The zero-order chi connectivity index (χ0) is 10.7. The van der Waals surface area contributed by atoms with Crippen LogP contribution in [-0.2, 0) is 11.3 Å². The quantitative estimate of drug-likeness (QED) is 0.869. The van der Waals surface area contributed by atoms with Crippen LogP contribution < -0.4 is 5.32 Å². The molecule has 14 heavy (non-hydrogen) atoms. The normalized spacial score (nSPS) is 10.0. The SMILES string of the molecule is CC(=O)NCc1cc(Br)c(F)cc1C. The topological polar surface area (TPSA) is 29.1 Å². The maximum absolute atomic E-state index is 13.0. The van der Waals surface area contributed by atoms with Crippen LogP contribution in [0.5, 0.6) is 0 Å². The van der Waals surface area contributed by atoms with Gasteiger partial charge in [-0.25, -0.2) is 4.39 Å². The second kappa shape index (κ2) is 4.55.